The lowest BCUT2D eigenvalue weighted by Crippen LogP contribution is -2.53. The fraction of sp³-hybridized carbons (Fsp3) is 0.500. The summed E-state index contributed by atoms with van der Waals surface area (Å²) in [5, 5.41) is 10.4. The quantitative estimate of drug-likeness (QED) is 0.581. The smallest absolute Gasteiger partial charge is 0.272 e. The molecule has 0 saturated heterocycles. The summed E-state index contributed by atoms with van der Waals surface area (Å²) >= 11 is 2.31. The molecule has 2 aliphatic heterocycles. The van der Waals surface area contributed by atoms with Crippen molar-refractivity contribution in [3.05, 3.63) is 34.4 Å². The van der Waals surface area contributed by atoms with Crippen LogP contribution in [0.5, 0.6) is 11.5 Å². The van der Waals surface area contributed by atoms with E-state index in [1.807, 2.05) is 0 Å². The molecule has 27 heavy (non-hydrogen) atoms. The molecular formula is C20H24INO4S. The van der Waals surface area contributed by atoms with Crippen molar-refractivity contribution in [1.29, 1.82) is 0 Å². The van der Waals surface area contributed by atoms with Crippen LogP contribution >= 0.6 is 30.1 Å². The molecule has 0 aliphatic carbocycles. The van der Waals surface area contributed by atoms with Crippen molar-refractivity contribution < 1.29 is 19.4 Å². The van der Waals surface area contributed by atoms with Crippen LogP contribution in [0.4, 0.5) is 0 Å². The molecule has 2 atom stereocenters. The van der Waals surface area contributed by atoms with Gasteiger partial charge in [0.25, 0.3) is 11.6 Å². The van der Waals surface area contributed by atoms with Gasteiger partial charge in [0, 0.05) is 29.5 Å². The highest BCUT2D eigenvalue weighted by molar-refractivity contribution is 14.2. The summed E-state index contributed by atoms with van der Waals surface area (Å²) in [6.07, 6.45) is 2.57. The van der Waals surface area contributed by atoms with E-state index in [9.17, 15) is 14.7 Å². The molecule has 1 amide bonds. The van der Waals surface area contributed by atoms with E-state index < -0.39 is 5.72 Å². The van der Waals surface area contributed by atoms with E-state index >= 15 is 0 Å². The van der Waals surface area contributed by atoms with Crippen LogP contribution < -0.4 is 4.74 Å². The van der Waals surface area contributed by atoms with E-state index in [4.69, 9.17) is 4.74 Å². The van der Waals surface area contributed by atoms with Gasteiger partial charge in [-0.2, -0.15) is 0 Å². The number of ether oxygens (including phenoxy) is 1. The van der Waals surface area contributed by atoms with Gasteiger partial charge in [0.2, 0.25) is 5.78 Å². The number of carbonyl (C=O) groups excluding carboxylic acids is 2. The molecule has 7 heteroatoms. The third-order valence-electron chi connectivity index (χ3n) is 5.68. The minimum absolute atomic E-state index is 0.139. The number of amides is 1. The van der Waals surface area contributed by atoms with Crippen molar-refractivity contribution in [3.63, 3.8) is 0 Å². The van der Waals surface area contributed by atoms with E-state index in [1.54, 1.807) is 42.0 Å². The second kappa shape index (κ2) is 7.66. The van der Waals surface area contributed by atoms with E-state index in [2.05, 4.69) is 28.1 Å². The number of nitrogens with zero attached hydrogens (tertiary/aromatic N) is 1. The van der Waals surface area contributed by atoms with Crippen LogP contribution in [0.1, 0.15) is 49.5 Å². The van der Waals surface area contributed by atoms with Crippen molar-refractivity contribution >= 4 is 41.8 Å². The number of benzene rings is 1. The van der Waals surface area contributed by atoms with E-state index in [0.717, 1.165) is 18.6 Å². The maximum absolute atomic E-state index is 13.2. The number of hydrogen-bond acceptors (Lipinski definition) is 5. The first kappa shape index (κ1) is 20.5. The molecule has 0 bridgehead atoms. The van der Waals surface area contributed by atoms with Gasteiger partial charge in [-0.1, -0.05) is 15.9 Å². The van der Waals surface area contributed by atoms with Crippen LogP contribution in [0.2, 0.25) is 0 Å². The average molecular weight is 501 g/mol. The van der Waals surface area contributed by atoms with Gasteiger partial charge < -0.3 is 9.84 Å². The molecule has 1 spiro atoms. The Morgan fingerprint density at radius 2 is 2.04 bits per heavy atom. The maximum Gasteiger partial charge on any atom is 0.272 e. The zero-order valence-electron chi connectivity index (χ0n) is 16.0. The fourth-order valence-corrected chi connectivity index (χ4v) is 6.10. The Bertz CT molecular complexity index is 838. The third-order valence-corrected chi connectivity index (χ3v) is 7.45. The Morgan fingerprint density at radius 1 is 1.33 bits per heavy atom. The zero-order chi connectivity index (χ0) is 19.9. The van der Waals surface area contributed by atoms with Crippen molar-refractivity contribution in [2.24, 2.45) is 5.92 Å². The van der Waals surface area contributed by atoms with Crippen molar-refractivity contribution in [3.8, 4) is 11.5 Å². The predicted molar refractivity (Wildman–Crippen MR) is 116 cm³/mol. The predicted octanol–water partition coefficient (Wildman–Crippen LogP) is 4.51. The second-order valence-corrected chi connectivity index (χ2v) is 9.82. The van der Waals surface area contributed by atoms with Crippen LogP contribution in [-0.4, -0.2) is 40.2 Å². The molecule has 2 aliphatic rings. The van der Waals surface area contributed by atoms with Crippen molar-refractivity contribution in [2.45, 2.75) is 45.8 Å². The van der Waals surface area contributed by atoms with E-state index in [0.29, 0.717) is 40.4 Å². The lowest BCUT2D eigenvalue weighted by molar-refractivity contribution is -0.132. The standard InChI is InChI=1S/C20H24INO4S/c1-11(10-27-21)6-5-7-14-16(23)9-8-15-17(14)26-20(18(15)24)13(3)12(2)19(25)22(20)4/h8-9,11,23H,5-7,10H2,1-4H3/t11-,20+/m1/s1. The normalized spacial score (nSPS) is 22.6. The summed E-state index contributed by atoms with van der Waals surface area (Å²) in [5.41, 5.74) is 0.846. The Hall–Kier alpha value is -1.22. The van der Waals surface area contributed by atoms with Crippen LogP contribution in [-0.2, 0) is 11.2 Å². The van der Waals surface area contributed by atoms with Gasteiger partial charge in [-0.05, 0) is 72.4 Å². The lowest BCUT2D eigenvalue weighted by atomic mass is 9.94. The Balaban J connectivity index is 1.92. The molecule has 3 rings (SSSR count). The Labute approximate surface area is 176 Å². The van der Waals surface area contributed by atoms with Gasteiger partial charge in [-0.3, -0.25) is 14.5 Å². The third kappa shape index (κ3) is 3.16. The first-order chi connectivity index (χ1) is 12.8. The highest BCUT2D eigenvalue weighted by atomic mass is 127. The summed E-state index contributed by atoms with van der Waals surface area (Å²) in [7, 11) is 3.39. The number of aromatic hydroxyl groups is 1. The number of Topliss-reactive ketones (excluding diaryl/α,β-unsaturated/α-hetero) is 1. The molecule has 0 unspecified atom stereocenters. The molecule has 0 fully saturated rings. The van der Waals surface area contributed by atoms with Gasteiger partial charge in [0.1, 0.15) is 11.5 Å². The van der Waals surface area contributed by atoms with Gasteiger partial charge in [0.05, 0.1) is 5.56 Å². The van der Waals surface area contributed by atoms with E-state index in [-0.39, 0.29) is 17.4 Å². The highest BCUT2D eigenvalue weighted by Crippen LogP contribution is 2.48. The number of hydrogen-bond donors (Lipinski definition) is 1. The molecule has 2 heterocycles. The largest absolute Gasteiger partial charge is 0.508 e. The van der Waals surface area contributed by atoms with Crippen molar-refractivity contribution in [2.75, 3.05) is 12.8 Å². The first-order valence-corrected chi connectivity index (χ1v) is 12.6. The summed E-state index contributed by atoms with van der Waals surface area (Å²) < 4.78 is 6.18. The van der Waals surface area contributed by atoms with Gasteiger partial charge >= 0.3 is 0 Å². The minimum atomic E-state index is -1.41. The Morgan fingerprint density at radius 3 is 2.63 bits per heavy atom. The van der Waals surface area contributed by atoms with Crippen LogP contribution in [0, 0.1) is 5.92 Å². The van der Waals surface area contributed by atoms with Gasteiger partial charge in [-0.25, -0.2) is 0 Å². The summed E-state index contributed by atoms with van der Waals surface area (Å²) in [6, 6.07) is 3.15. The number of halogens is 1. The summed E-state index contributed by atoms with van der Waals surface area (Å²) in [6.45, 7) is 5.70. The second-order valence-electron chi connectivity index (χ2n) is 7.40. The summed E-state index contributed by atoms with van der Waals surface area (Å²) in [5.74, 6) is 1.80. The molecule has 5 nitrogen and oxygen atoms in total. The number of phenolic OH excluding ortho intramolecular Hbond substituents is 1. The minimum Gasteiger partial charge on any atom is -0.508 e. The lowest BCUT2D eigenvalue weighted by Gasteiger charge is -2.31. The van der Waals surface area contributed by atoms with Crippen LogP contribution in [0.25, 0.3) is 0 Å². The molecule has 1 N–H and O–H groups in total. The Kier molecular flexibility index (Phi) is 5.82. The molecular weight excluding hydrogens is 477 g/mol. The zero-order valence-corrected chi connectivity index (χ0v) is 18.9. The topological polar surface area (TPSA) is 66.8 Å². The number of likely N-dealkylation sites (N-methyl/N-ethyl adjacent to an activating group) is 1. The molecule has 1 aromatic rings. The molecule has 1 aromatic carbocycles. The summed E-state index contributed by atoms with van der Waals surface area (Å²) in [4.78, 5) is 27.0. The molecule has 146 valence electrons. The number of carbonyl (C=O) groups is 2. The number of rotatable bonds is 6. The number of fused-ring (bicyclic) bond motifs is 1. The molecule has 0 saturated carbocycles. The van der Waals surface area contributed by atoms with Crippen LogP contribution in [0.3, 0.4) is 0 Å². The number of ketones is 1. The molecule has 0 radical (unpaired) electrons. The van der Waals surface area contributed by atoms with E-state index in [1.165, 1.54) is 4.90 Å². The van der Waals surface area contributed by atoms with Gasteiger partial charge in [0.15, 0.2) is 0 Å². The molecule has 0 aromatic heterocycles. The fourth-order valence-electron chi connectivity index (χ4n) is 3.88. The van der Waals surface area contributed by atoms with Crippen LogP contribution in [0.15, 0.2) is 23.3 Å². The van der Waals surface area contributed by atoms with Gasteiger partial charge in [-0.15, -0.1) is 0 Å². The monoisotopic (exact) mass is 501 g/mol. The SMILES string of the molecule is CC1=C(C)[C@@]2(Oc3c(ccc(O)c3CCC[C@@H](C)CSI)C2=O)N(C)C1=O. The highest BCUT2D eigenvalue weighted by Gasteiger charge is 2.59. The number of phenols is 1. The maximum atomic E-state index is 13.2. The average Bonchev–Trinajstić information content (AvgIpc) is 3.02. The first-order valence-electron chi connectivity index (χ1n) is 9.04. The van der Waals surface area contributed by atoms with Crippen molar-refractivity contribution in [1.82, 2.24) is 4.90 Å².